The highest BCUT2D eigenvalue weighted by molar-refractivity contribution is 7.89. The van der Waals surface area contributed by atoms with E-state index in [-0.39, 0.29) is 11.0 Å². The van der Waals surface area contributed by atoms with Gasteiger partial charge < -0.3 is 14.0 Å². The molecule has 1 aliphatic heterocycles. The average Bonchev–Trinajstić information content (AvgIpc) is 3.32. The van der Waals surface area contributed by atoms with Gasteiger partial charge in [-0.3, -0.25) is 0 Å². The van der Waals surface area contributed by atoms with Gasteiger partial charge in [-0.1, -0.05) is 5.16 Å². The lowest BCUT2D eigenvalue weighted by Gasteiger charge is -2.17. The van der Waals surface area contributed by atoms with Crippen molar-refractivity contribution >= 4 is 10.0 Å². The molecule has 31 heavy (non-hydrogen) atoms. The van der Waals surface area contributed by atoms with E-state index in [1.165, 1.54) is 4.31 Å². The lowest BCUT2D eigenvalue weighted by Crippen LogP contribution is -2.31. The zero-order chi connectivity index (χ0) is 21.4. The Kier molecular flexibility index (Phi) is 5.15. The van der Waals surface area contributed by atoms with Gasteiger partial charge in [0.1, 0.15) is 17.6 Å². The van der Waals surface area contributed by atoms with Crippen LogP contribution in [0, 0.1) is 0 Å². The summed E-state index contributed by atoms with van der Waals surface area (Å²) in [5.41, 5.74) is 0.859. The Bertz CT molecular complexity index is 1150. The van der Waals surface area contributed by atoms with Crippen LogP contribution < -0.4 is 9.47 Å². The minimum atomic E-state index is -3.56. The molecule has 2 aliphatic rings. The Hall–Kier alpha value is -2.91. The second-order valence-corrected chi connectivity index (χ2v) is 9.76. The number of nitrogens with zero attached hydrogens (tertiary/aromatic N) is 3. The van der Waals surface area contributed by atoms with Crippen LogP contribution in [0.4, 0.5) is 0 Å². The molecule has 5 rings (SSSR count). The molecule has 1 saturated carbocycles. The number of methoxy groups -OCH3 is 1. The van der Waals surface area contributed by atoms with Crippen molar-refractivity contribution in [2.24, 2.45) is 0 Å². The number of benzene rings is 2. The number of hydrogen-bond acceptors (Lipinski definition) is 7. The molecule has 9 heteroatoms. The van der Waals surface area contributed by atoms with Gasteiger partial charge in [-0.25, -0.2) is 8.42 Å². The third kappa shape index (κ3) is 4.15. The first-order valence-electron chi connectivity index (χ1n) is 10.3. The van der Waals surface area contributed by atoms with Crippen LogP contribution in [0.5, 0.6) is 11.5 Å². The molecule has 0 bridgehead atoms. The SMILES string of the molecule is COc1ccc(S(=O)(=O)N2CCC(Oc3ccc(-c4noc(C5CC5)n4)cc3)C2)cc1. The molecule has 8 nitrogen and oxygen atoms in total. The minimum Gasteiger partial charge on any atom is -0.497 e. The summed E-state index contributed by atoms with van der Waals surface area (Å²) in [6.07, 6.45) is 2.65. The zero-order valence-corrected chi connectivity index (χ0v) is 17.9. The van der Waals surface area contributed by atoms with E-state index in [0.717, 1.165) is 18.4 Å². The summed E-state index contributed by atoms with van der Waals surface area (Å²) in [5, 5.41) is 4.05. The highest BCUT2D eigenvalue weighted by Crippen LogP contribution is 2.39. The van der Waals surface area contributed by atoms with Gasteiger partial charge in [-0.15, -0.1) is 0 Å². The topological polar surface area (TPSA) is 94.8 Å². The number of hydrogen-bond donors (Lipinski definition) is 0. The van der Waals surface area contributed by atoms with Crippen LogP contribution in [0.25, 0.3) is 11.4 Å². The molecule has 0 N–H and O–H groups in total. The Labute approximate surface area is 180 Å². The molecule has 1 saturated heterocycles. The van der Waals surface area contributed by atoms with Crippen molar-refractivity contribution in [2.45, 2.75) is 36.2 Å². The number of ether oxygens (including phenoxy) is 2. The van der Waals surface area contributed by atoms with E-state index in [4.69, 9.17) is 14.0 Å². The summed E-state index contributed by atoms with van der Waals surface area (Å²) < 4.78 is 43.7. The Morgan fingerprint density at radius 3 is 2.39 bits per heavy atom. The lowest BCUT2D eigenvalue weighted by atomic mass is 10.2. The number of rotatable bonds is 7. The summed E-state index contributed by atoms with van der Waals surface area (Å²) in [6, 6.07) is 13.9. The van der Waals surface area contributed by atoms with Crippen LogP contribution in [0.15, 0.2) is 57.9 Å². The van der Waals surface area contributed by atoms with E-state index in [9.17, 15) is 8.42 Å². The van der Waals surface area contributed by atoms with Gasteiger partial charge in [0.15, 0.2) is 0 Å². The van der Waals surface area contributed by atoms with E-state index in [0.29, 0.717) is 48.6 Å². The van der Waals surface area contributed by atoms with Gasteiger partial charge in [0.05, 0.1) is 18.6 Å². The van der Waals surface area contributed by atoms with E-state index in [1.54, 1.807) is 31.4 Å². The normalized spacial score (nSPS) is 19.5. The van der Waals surface area contributed by atoms with Crippen LogP contribution in [0.3, 0.4) is 0 Å². The molecule has 2 aromatic carbocycles. The maximum Gasteiger partial charge on any atom is 0.243 e. The third-order valence-corrected chi connectivity index (χ3v) is 7.47. The predicted molar refractivity (Wildman–Crippen MR) is 112 cm³/mol. The number of aromatic nitrogens is 2. The molecule has 1 aliphatic carbocycles. The highest BCUT2D eigenvalue weighted by Gasteiger charge is 2.34. The zero-order valence-electron chi connectivity index (χ0n) is 17.1. The third-order valence-electron chi connectivity index (χ3n) is 5.59. The van der Waals surface area contributed by atoms with E-state index >= 15 is 0 Å². The smallest absolute Gasteiger partial charge is 0.243 e. The first kappa shape index (κ1) is 20.0. The molecule has 0 radical (unpaired) electrons. The van der Waals surface area contributed by atoms with Crippen molar-refractivity contribution in [2.75, 3.05) is 20.2 Å². The molecule has 2 fully saturated rings. The number of sulfonamides is 1. The van der Waals surface area contributed by atoms with Crippen LogP contribution in [-0.2, 0) is 10.0 Å². The van der Waals surface area contributed by atoms with E-state index in [1.807, 2.05) is 24.3 Å². The van der Waals surface area contributed by atoms with Gasteiger partial charge in [0, 0.05) is 18.0 Å². The predicted octanol–water partition coefficient (Wildman–Crippen LogP) is 3.46. The molecule has 1 unspecified atom stereocenters. The summed E-state index contributed by atoms with van der Waals surface area (Å²) in [4.78, 5) is 4.71. The van der Waals surface area contributed by atoms with Crippen molar-refractivity contribution in [1.29, 1.82) is 0 Å². The van der Waals surface area contributed by atoms with Crippen molar-refractivity contribution in [3.8, 4) is 22.9 Å². The summed E-state index contributed by atoms with van der Waals surface area (Å²) >= 11 is 0. The second-order valence-electron chi connectivity index (χ2n) is 7.82. The molecule has 0 spiro atoms. The fourth-order valence-electron chi connectivity index (χ4n) is 3.63. The molecule has 1 atom stereocenters. The Balaban J connectivity index is 1.22. The molecule has 2 heterocycles. The maximum absolute atomic E-state index is 12.9. The van der Waals surface area contributed by atoms with E-state index < -0.39 is 10.0 Å². The lowest BCUT2D eigenvalue weighted by molar-refractivity contribution is 0.215. The maximum atomic E-state index is 12.9. The second kappa shape index (κ2) is 7.97. The fourth-order valence-corrected chi connectivity index (χ4v) is 5.12. The quantitative estimate of drug-likeness (QED) is 0.554. The molecule has 3 aromatic rings. The molecular formula is C22H23N3O5S. The Morgan fingerprint density at radius 1 is 1.00 bits per heavy atom. The fraction of sp³-hybridized carbons (Fsp3) is 0.364. The monoisotopic (exact) mass is 441 g/mol. The van der Waals surface area contributed by atoms with Crippen molar-refractivity contribution in [3.63, 3.8) is 0 Å². The first-order chi connectivity index (χ1) is 15.0. The largest absolute Gasteiger partial charge is 0.497 e. The average molecular weight is 442 g/mol. The standard InChI is InChI=1S/C22H23N3O5S/c1-28-17-8-10-20(11-9-17)31(26,27)25-13-12-19(14-25)29-18-6-4-15(5-7-18)21-23-22(30-24-21)16-2-3-16/h4-11,16,19H,2-3,12-14H2,1H3. The van der Waals surface area contributed by atoms with Crippen molar-refractivity contribution in [3.05, 3.63) is 54.4 Å². The molecule has 1 aromatic heterocycles. The van der Waals surface area contributed by atoms with Gasteiger partial charge in [-0.05, 0) is 67.8 Å². The first-order valence-corrected chi connectivity index (χ1v) is 11.7. The van der Waals surface area contributed by atoms with Crippen LogP contribution in [0.1, 0.15) is 31.1 Å². The van der Waals surface area contributed by atoms with Gasteiger partial charge in [0.2, 0.25) is 21.7 Å². The Morgan fingerprint density at radius 2 is 1.71 bits per heavy atom. The molecule has 0 amide bonds. The van der Waals surface area contributed by atoms with Gasteiger partial charge in [0.25, 0.3) is 0 Å². The van der Waals surface area contributed by atoms with Crippen molar-refractivity contribution in [1.82, 2.24) is 14.4 Å². The van der Waals surface area contributed by atoms with Gasteiger partial charge >= 0.3 is 0 Å². The van der Waals surface area contributed by atoms with Gasteiger partial charge in [-0.2, -0.15) is 9.29 Å². The van der Waals surface area contributed by atoms with E-state index in [2.05, 4.69) is 10.1 Å². The minimum absolute atomic E-state index is 0.203. The summed E-state index contributed by atoms with van der Waals surface area (Å²) in [5.74, 6) is 3.01. The summed E-state index contributed by atoms with van der Waals surface area (Å²) in [7, 11) is -2.01. The highest BCUT2D eigenvalue weighted by atomic mass is 32.2. The van der Waals surface area contributed by atoms with Crippen LogP contribution in [-0.4, -0.2) is 49.2 Å². The van der Waals surface area contributed by atoms with Crippen molar-refractivity contribution < 1.29 is 22.4 Å². The summed E-state index contributed by atoms with van der Waals surface area (Å²) in [6.45, 7) is 0.732. The molecule has 162 valence electrons. The van der Waals surface area contributed by atoms with Crippen LogP contribution in [0.2, 0.25) is 0 Å². The van der Waals surface area contributed by atoms with Crippen LogP contribution >= 0.6 is 0 Å². The molecular weight excluding hydrogens is 418 g/mol.